The molecule has 20 nitrogen and oxygen atoms in total. The summed E-state index contributed by atoms with van der Waals surface area (Å²) in [6, 6.07) is 19.2. The van der Waals surface area contributed by atoms with Crippen LogP contribution in [0.15, 0.2) is 73.1 Å². The molecule has 20 heteroatoms. The van der Waals surface area contributed by atoms with Gasteiger partial charge in [0.25, 0.3) is 11.8 Å². The fraction of sp³-hybridized carbons (Fsp3) is 0.471. The predicted molar refractivity (Wildman–Crippen MR) is 267 cm³/mol. The summed E-state index contributed by atoms with van der Waals surface area (Å²) in [5.74, 6) is -1.07. The Bertz CT molecular complexity index is 2680. The maximum atomic E-state index is 12.8. The highest BCUT2D eigenvalue weighted by molar-refractivity contribution is 6.04. The van der Waals surface area contributed by atoms with Gasteiger partial charge in [0.2, 0.25) is 11.8 Å². The zero-order valence-corrected chi connectivity index (χ0v) is 41.5. The van der Waals surface area contributed by atoms with Gasteiger partial charge in [0, 0.05) is 88.4 Å². The second kappa shape index (κ2) is 25.7. The number of hydrogen-bond donors (Lipinski definition) is 5. The number of aromatic nitrogens is 8. The van der Waals surface area contributed by atoms with Crippen molar-refractivity contribution >= 4 is 51.5 Å². The standard InChI is InChI=1S/C20H24N4O2.C17H25N5O2.C14H18N4O3/c1-23(19(25)15-9-5-7-13-21-15)17-11-3-4-12-18(17)24(2)20(26)16-10-6-8-14-22-16;1-11-4-7-14-16(12(2)20-13-5-6-13)21-22(17(14)19-11)9-3-8-18-15(24)10-23;1-9-4-5-11-13(10(2)20)17-18(14(11)16-9)7-3-6-15-12(21)8-19/h5-10,13-14,17-18H,3-4,11-12H2,1-2H3;4,7,12-13,20,23H,3,5-6,8-10H2,1-2H3,(H,18,24);4-5,19H,3,6-8H2,1-2H3,(H,15,21)/t17-,18+;12-;/m.1./s1. The highest BCUT2D eigenvalue weighted by atomic mass is 16.3. The summed E-state index contributed by atoms with van der Waals surface area (Å²) in [7, 11) is 3.61. The third kappa shape index (κ3) is 14.5. The molecule has 0 spiro atoms. The van der Waals surface area contributed by atoms with Gasteiger partial charge >= 0.3 is 0 Å². The molecular weight excluding hydrogens is 907 g/mol. The number of hydrogen-bond acceptors (Lipinski definition) is 14. The number of fused-ring (bicyclic) bond motifs is 2. The minimum Gasteiger partial charge on any atom is -0.387 e. The van der Waals surface area contributed by atoms with Crippen molar-refractivity contribution in [3.8, 4) is 0 Å². The van der Waals surface area contributed by atoms with Crippen LogP contribution in [0.4, 0.5) is 0 Å². The van der Waals surface area contributed by atoms with E-state index >= 15 is 0 Å². The topological polar surface area (TPSA) is 256 Å². The Morgan fingerprint density at radius 3 is 1.61 bits per heavy atom. The number of carbonyl (C=O) groups is 5. The smallest absolute Gasteiger partial charge is 0.272 e. The van der Waals surface area contributed by atoms with Crippen molar-refractivity contribution in [2.24, 2.45) is 0 Å². The van der Waals surface area contributed by atoms with Crippen LogP contribution in [0.25, 0.3) is 22.1 Å². The van der Waals surface area contributed by atoms with Crippen LogP contribution in [-0.4, -0.2) is 147 Å². The van der Waals surface area contributed by atoms with Crippen LogP contribution in [0.2, 0.25) is 0 Å². The molecule has 2 fully saturated rings. The molecule has 4 amide bonds. The van der Waals surface area contributed by atoms with E-state index in [1.807, 2.05) is 48.9 Å². The molecule has 2 saturated carbocycles. The molecule has 0 aromatic carbocycles. The Morgan fingerprint density at radius 2 is 1.15 bits per heavy atom. The minimum atomic E-state index is -0.514. The summed E-state index contributed by atoms with van der Waals surface area (Å²) < 4.78 is 3.61. The van der Waals surface area contributed by atoms with Gasteiger partial charge in [-0.1, -0.05) is 25.0 Å². The number of aliphatic hydroxyl groups is 2. The number of nitrogens with one attached hydrogen (secondary N) is 3. The van der Waals surface area contributed by atoms with E-state index in [9.17, 15) is 24.0 Å². The first-order valence-corrected chi connectivity index (χ1v) is 24.3. The van der Waals surface area contributed by atoms with Crippen LogP contribution >= 0.6 is 0 Å². The fourth-order valence-corrected chi connectivity index (χ4v) is 8.55. The van der Waals surface area contributed by atoms with Gasteiger partial charge in [-0.3, -0.25) is 33.9 Å². The van der Waals surface area contributed by atoms with Crippen molar-refractivity contribution in [2.75, 3.05) is 40.4 Å². The second-order valence-corrected chi connectivity index (χ2v) is 18.0. The average molecular weight is 974 g/mol. The maximum absolute atomic E-state index is 12.8. The molecule has 0 unspecified atom stereocenters. The molecule has 378 valence electrons. The van der Waals surface area contributed by atoms with E-state index in [4.69, 9.17) is 15.3 Å². The second-order valence-electron chi connectivity index (χ2n) is 18.0. The lowest BCUT2D eigenvalue weighted by molar-refractivity contribution is -0.124. The molecule has 0 bridgehead atoms. The third-order valence-electron chi connectivity index (χ3n) is 12.4. The first-order valence-electron chi connectivity index (χ1n) is 24.3. The lowest BCUT2D eigenvalue weighted by Crippen LogP contribution is -2.54. The zero-order valence-electron chi connectivity index (χ0n) is 41.5. The van der Waals surface area contributed by atoms with Gasteiger partial charge in [-0.05, 0) is 108 Å². The summed E-state index contributed by atoms with van der Waals surface area (Å²) in [5.41, 5.74) is 5.69. The molecular formula is C51H67N13O7. The Hall–Kier alpha value is -7.03. The van der Waals surface area contributed by atoms with Gasteiger partial charge in [0.05, 0.1) is 23.2 Å². The quantitative estimate of drug-likeness (QED) is 0.0600. The first kappa shape index (κ1) is 53.3. The Balaban J connectivity index is 0.000000175. The Labute approximate surface area is 413 Å². The molecule has 3 atom stereocenters. The van der Waals surface area contributed by atoms with Crippen LogP contribution < -0.4 is 16.0 Å². The molecule has 8 rings (SSSR count). The summed E-state index contributed by atoms with van der Waals surface area (Å²) in [6.07, 6.45) is 10.9. The number of pyridine rings is 4. The number of aryl methyl sites for hydroxylation is 4. The first-order chi connectivity index (χ1) is 34.2. The molecule has 0 saturated heterocycles. The van der Waals surface area contributed by atoms with Crippen LogP contribution in [0.1, 0.15) is 120 Å². The largest absolute Gasteiger partial charge is 0.387 e. The number of Topliss-reactive ketones (excluding diaryl/α,β-unsaturated/α-hetero) is 1. The van der Waals surface area contributed by atoms with Crippen molar-refractivity contribution in [3.63, 3.8) is 0 Å². The number of amides is 4. The molecule has 5 N–H and O–H groups in total. The predicted octanol–water partition coefficient (Wildman–Crippen LogP) is 4.12. The van der Waals surface area contributed by atoms with Crippen molar-refractivity contribution in [1.82, 2.24) is 65.2 Å². The van der Waals surface area contributed by atoms with E-state index in [0.717, 1.165) is 65.6 Å². The highest BCUT2D eigenvalue weighted by Crippen LogP contribution is 2.29. The number of rotatable bonds is 18. The molecule has 2 aliphatic rings. The van der Waals surface area contributed by atoms with Crippen LogP contribution in [0, 0.1) is 13.8 Å². The van der Waals surface area contributed by atoms with E-state index in [0.29, 0.717) is 61.4 Å². The number of aliphatic hydroxyl groups excluding tert-OH is 2. The van der Waals surface area contributed by atoms with Gasteiger partial charge < -0.3 is 36.0 Å². The zero-order chi connectivity index (χ0) is 51.0. The minimum absolute atomic E-state index is 0.0316. The molecule has 0 aliphatic heterocycles. The van der Waals surface area contributed by atoms with E-state index in [2.05, 4.69) is 54.0 Å². The van der Waals surface area contributed by atoms with Crippen molar-refractivity contribution in [1.29, 1.82) is 0 Å². The molecule has 6 heterocycles. The Kier molecular flexibility index (Phi) is 19.3. The van der Waals surface area contributed by atoms with Gasteiger partial charge in [-0.2, -0.15) is 10.2 Å². The summed E-state index contributed by atoms with van der Waals surface area (Å²) in [4.78, 5) is 80.1. The van der Waals surface area contributed by atoms with E-state index < -0.39 is 19.1 Å². The maximum Gasteiger partial charge on any atom is 0.272 e. The van der Waals surface area contributed by atoms with E-state index in [1.165, 1.54) is 19.8 Å². The van der Waals surface area contributed by atoms with Gasteiger partial charge in [-0.25, -0.2) is 19.3 Å². The fourth-order valence-electron chi connectivity index (χ4n) is 8.55. The molecule has 6 aromatic heterocycles. The van der Waals surface area contributed by atoms with E-state index in [1.54, 1.807) is 65.2 Å². The van der Waals surface area contributed by atoms with Gasteiger partial charge in [0.15, 0.2) is 17.1 Å². The number of carbonyl (C=O) groups excluding carboxylic acids is 5. The van der Waals surface area contributed by atoms with Crippen LogP contribution in [0.3, 0.4) is 0 Å². The lowest BCUT2D eigenvalue weighted by atomic mass is 9.88. The molecule has 2 aliphatic carbocycles. The normalized spacial score (nSPS) is 15.7. The number of ketones is 1. The molecule has 0 radical (unpaired) electrons. The monoisotopic (exact) mass is 974 g/mol. The summed E-state index contributed by atoms with van der Waals surface area (Å²) >= 11 is 0. The lowest BCUT2D eigenvalue weighted by Gasteiger charge is -2.42. The van der Waals surface area contributed by atoms with Crippen molar-refractivity contribution < 1.29 is 34.2 Å². The summed E-state index contributed by atoms with van der Waals surface area (Å²) in [5, 5.41) is 37.1. The third-order valence-corrected chi connectivity index (χ3v) is 12.4. The molecule has 6 aromatic rings. The van der Waals surface area contributed by atoms with Crippen molar-refractivity contribution in [3.05, 3.63) is 107 Å². The van der Waals surface area contributed by atoms with Gasteiger partial charge in [-0.15, -0.1) is 0 Å². The average Bonchev–Trinajstić information content (AvgIpc) is 4.03. The summed E-state index contributed by atoms with van der Waals surface area (Å²) in [6.45, 7) is 8.65. The van der Waals surface area contributed by atoms with Crippen molar-refractivity contribution in [2.45, 2.75) is 116 Å². The Morgan fingerprint density at radius 1 is 0.676 bits per heavy atom. The van der Waals surface area contributed by atoms with Crippen LogP contribution in [0.5, 0.6) is 0 Å². The van der Waals surface area contributed by atoms with Crippen LogP contribution in [-0.2, 0) is 22.7 Å². The molecule has 71 heavy (non-hydrogen) atoms. The van der Waals surface area contributed by atoms with E-state index in [-0.39, 0.29) is 41.6 Å². The SMILES string of the molecule is CC(=O)c1nn(CCCNC(=O)CO)c2nc(C)ccc12.CN(C(=O)c1ccccn1)[C@@H]1CCCC[C@@H]1N(C)C(=O)c1ccccn1.Cc1ccc2c([C@@H](C)NC3CC3)nn(CCCNC(=O)CO)c2n1. The highest BCUT2D eigenvalue weighted by Gasteiger charge is 2.36. The van der Waals surface area contributed by atoms with Gasteiger partial charge in [0.1, 0.15) is 30.3 Å². The number of nitrogens with zero attached hydrogens (tertiary/aromatic N) is 10. The number of likely N-dealkylation sites (N-methyl/N-ethyl adjacent to an activating group) is 2.